The Morgan fingerprint density at radius 1 is 1.47 bits per heavy atom. The van der Waals surface area contributed by atoms with E-state index >= 15 is 0 Å². The van der Waals surface area contributed by atoms with Gasteiger partial charge in [0.2, 0.25) is 0 Å². The zero-order chi connectivity index (χ0) is 12.7. The normalized spacial score (nSPS) is 12.5. The van der Waals surface area contributed by atoms with Gasteiger partial charge < -0.3 is 15.2 Å². The van der Waals surface area contributed by atoms with Gasteiger partial charge in [0.15, 0.2) is 11.6 Å². The second-order valence-electron chi connectivity index (χ2n) is 4.06. The molecule has 1 aromatic carbocycles. The molecule has 1 atom stereocenters. The summed E-state index contributed by atoms with van der Waals surface area (Å²) in [6.07, 6.45) is 0.931. The molecule has 0 aliphatic heterocycles. The van der Waals surface area contributed by atoms with E-state index in [0.717, 1.165) is 18.5 Å². The fourth-order valence-corrected chi connectivity index (χ4v) is 1.58. The highest BCUT2D eigenvalue weighted by atomic mass is 19.1. The van der Waals surface area contributed by atoms with E-state index in [-0.39, 0.29) is 24.1 Å². The first-order valence-corrected chi connectivity index (χ1v) is 5.85. The molecule has 4 heteroatoms. The standard InChI is InChI=1S/C13H20FNO2/c1-3-10(9-16)7-15-8-11-4-5-13(17-2)12(14)6-11/h4-6,10,15-16H,3,7-9H2,1-2H3. The number of methoxy groups -OCH3 is 1. The van der Waals surface area contributed by atoms with Crippen LogP contribution in [0.2, 0.25) is 0 Å². The van der Waals surface area contributed by atoms with E-state index in [1.54, 1.807) is 6.07 Å². The molecule has 0 aliphatic carbocycles. The van der Waals surface area contributed by atoms with Crippen molar-refractivity contribution < 1.29 is 14.2 Å². The molecule has 1 aromatic rings. The zero-order valence-electron chi connectivity index (χ0n) is 10.4. The SMILES string of the molecule is CCC(CO)CNCc1ccc(OC)c(F)c1. The number of aliphatic hydroxyl groups is 1. The van der Waals surface area contributed by atoms with Crippen molar-refractivity contribution in [2.75, 3.05) is 20.3 Å². The van der Waals surface area contributed by atoms with Crippen LogP contribution in [0, 0.1) is 11.7 Å². The average molecular weight is 241 g/mol. The minimum atomic E-state index is -0.346. The van der Waals surface area contributed by atoms with Crippen LogP contribution in [-0.4, -0.2) is 25.4 Å². The van der Waals surface area contributed by atoms with E-state index in [9.17, 15) is 4.39 Å². The monoisotopic (exact) mass is 241 g/mol. The Morgan fingerprint density at radius 3 is 2.76 bits per heavy atom. The molecule has 0 bridgehead atoms. The van der Waals surface area contributed by atoms with Crippen molar-refractivity contribution in [3.8, 4) is 5.75 Å². The molecule has 0 heterocycles. The summed E-state index contributed by atoms with van der Waals surface area (Å²) < 4.78 is 18.2. The first kappa shape index (κ1) is 13.9. The van der Waals surface area contributed by atoms with Crippen LogP contribution in [-0.2, 0) is 6.54 Å². The van der Waals surface area contributed by atoms with Gasteiger partial charge in [-0.15, -0.1) is 0 Å². The van der Waals surface area contributed by atoms with Gasteiger partial charge in [0.05, 0.1) is 7.11 Å². The van der Waals surface area contributed by atoms with Crippen LogP contribution in [0.5, 0.6) is 5.75 Å². The molecule has 1 rings (SSSR count). The lowest BCUT2D eigenvalue weighted by Gasteiger charge is -2.12. The number of aliphatic hydroxyl groups excluding tert-OH is 1. The summed E-state index contributed by atoms with van der Waals surface area (Å²) in [4.78, 5) is 0. The maximum absolute atomic E-state index is 13.4. The van der Waals surface area contributed by atoms with E-state index < -0.39 is 0 Å². The molecule has 2 N–H and O–H groups in total. The fraction of sp³-hybridized carbons (Fsp3) is 0.538. The van der Waals surface area contributed by atoms with E-state index in [2.05, 4.69) is 5.32 Å². The van der Waals surface area contributed by atoms with Crippen molar-refractivity contribution in [3.63, 3.8) is 0 Å². The first-order chi connectivity index (χ1) is 8.21. The third kappa shape index (κ3) is 4.32. The van der Waals surface area contributed by atoms with Crippen molar-refractivity contribution >= 4 is 0 Å². The minimum Gasteiger partial charge on any atom is -0.494 e. The van der Waals surface area contributed by atoms with Crippen LogP contribution in [0.15, 0.2) is 18.2 Å². The number of hydrogen-bond acceptors (Lipinski definition) is 3. The predicted octanol–water partition coefficient (Wildman–Crippen LogP) is 1.94. The van der Waals surface area contributed by atoms with Crippen LogP contribution in [0.25, 0.3) is 0 Å². The Balaban J connectivity index is 2.44. The molecule has 0 aliphatic rings. The predicted molar refractivity (Wildman–Crippen MR) is 65.5 cm³/mol. The second kappa shape index (κ2) is 7.25. The number of halogens is 1. The van der Waals surface area contributed by atoms with Gasteiger partial charge >= 0.3 is 0 Å². The van der Waals surface area contributed by atoms with Gasteiger partial charge in [0.25, 0.3) is 0 Å². The lowest BCUT2D eigenvalue weighted by atomic mass is 10.1. The number of hydrogen-bond donors (Lipinski definition) is 2. The largest absolute Gasteiger partial charge is 0.494 e. The van der Waals surface area contributed by atoms with E-state index in [0.29, 0.717) is 6.54 Å². The second-order valence-corrected chi connectivity index (χ2v) is 4.06. The van der Waals surface area contributed by atoms with Crippen molar-refractivity contribution in [2.45, 2.75) is 19.9 Å². The number of rotatable bonds is 7. The lowest BCUT2D eigenvalue weighted by Crippen LogP contribution is -2.24. The van der Waals surface area contributed by atoms with E-state index in [1.807, 2.05) is 13.0 Å². The van der Waals surface area contributed by atoms with Crippen molar-refractivity contribution in [3.05, 3.63) is 29.6 Å². The van der Waals surface area contributed by atoms with Crippen molar-refractivity contribution in [2.24, 2.45) is 5.92 Å². The molecule has 0 fully saturated rings. The molecule has 3 nitrogen and oxygen atoms in total. The molecule has 0 aromatic heterocycles. The number of benzene rings is 1. The van der Waals surface area contributed by atoms with E-state index in [1.165, 1.54) is 13.2 Å². The summed E-state index contributed by atoms with van der Waals surface area (Å²) in [6, 6.07) is 4.91. The van der Waals surface area contributed by atoms with Gasteiger partial charge in [-0.1, -0.05) is 13.0 Å². The highest BCUT2D eigenvalue weighted by molar-refractivity contribution is 5.29. The van der Waals surface area contributed by atoms with Gasteiger partial charge in [-0.2, -0.15) is 0 Å². The zero-order valence-corrected chi connectivity index (χ0v) is 10.4. The molecular weight excluding hydrogens is 221 g/mol. The molecular formula is C13H20FNO2. The van der Waals surface area contributed by atoms with Gasteiger partial charge in [0, 0.05) is 19.7 Å². The van der Waals surface area contributed by atoms with Crippen LogP contribution in [0.3, 0.4) is 0 Å². The summed E-state index contributed by atoms with van der Waals surface area (Å²) in [5, 5.41) is 12.2. The Labute approximate surface area is 102 Å². The third-order valence-electron chi connectivity index (χ3n) is 2.81. The highest BCUT2D eigenvalue weighted by Gasteiger charge is 2.05. The minimum absolute atomic E-state index is 0.181. The molecule has 1 unspecified atom stereocenters. The van der Waals surface area contributed by atoms with Crippen LogP contribution in [0.4, 0.5) is 4.39 Å². The Morgan fingerprint density at radius 2 is 2.24 bits per heavy atom. The number of ether oxygens (including phenoxy) is 1. The van der Waals surface area contributed by atoms with Crippen molar-refractivity contribution in [1.82, 2.24) is 5.32 Å². The van der Waals surface area contributed by atoms with Crippen molar-refractivity contribution in [1.29, 1.82) is 0 Å². The molecule has 0 amide bonds. The summed E-state index contributed by atoms with van der Waals surface area (Å²) in [6.45, 7) is 3.55. The Kier molecular flexibility index (Phi) is 5.94. The molecule has 0 spiro atoms. The maximum atomic E-state index is 13.4. The van der Waals surface area contributed by atoms with Crippen LogP contribution in [0.1, 0.15) is 18.9 Å². The summed E-state index contributed by atoms with van der Waals surface area (Å²) in [5.41, 5.74) is 0.871. The van der Waals surface area contributed by atoms with Gasteiger partial charge in [-0.3, -0.25) is 0 Å². The summed E-state index contributed by atoms with van der Waals surface area (Å²) >= 11 is 0. The lowest BCUT2D eigenvalue weighted by molar-refractivity contribution is 0.218. The molecule has 0 saturated heterocycles. The third-order valence-corrected chi connectivity index (χ3v) is 2.81. The number of nitrogens with one attached hydrogen (secondary N) is 1. The maximum Gasteiger partial charge on any atom is 0.165 e. The topological polar surface area (TPSA) is 41.5 Å². The molecule has 0 radical (unpaired) electrons. The molecule has 17 heavy (non-hydrogen) atoms. The van der Waals surface area contributed by atoms with E-state index in [4.69, 9.17) is 9.84 Å². The van der Waals surface area contributed by atoms with Gasteiger partial charge in [0.1, 0.15) is 0 Å². The fourth-order valence-electron chi connectivity index (χ4n) is 1.58. The smallest absolute Gasteiger partial charge is 0.165 e. The van der Waals surface area contributed by atoms with Gasteiger partial charge in [-0.05, 0) is 30.0 Å². The first-order valence-electron chi connectivity index (χ1n) is 5.85. The molecule has 0 saturated carbocycles. The average Bonchev–Trinajstić information content (AvgIpc) is 2.35. The summed E-state index contributed by atoms with van der Waals surface area (Å²) in [5.74, 6) is 0.176. The Bertz CT molecular complexity index is 340. The van der Waals surface area contributed by atoms with Crippen LogP contribution < -0.4 is 10.1 Å². The Hall–Kier alpha value is -1.13. The summed E-state index contributed by atoms with van der Waals surface area (Å²) in [7, 11) is 1.45. The van der Waals surface area contributed by atoms with Gasteiger partial charge in [-0.25, -0.2) is 4.39 Å². The highest BCUT2D eigenvalue weighted by Crippen LogP contribution is 2.17. The quantitative estimate of drug-likeness (QED) is 0.766. The molecule has 96 valence electrons. The van der Waals surface area contributed by atoms with Crippen LogP contribution >= 0.6 is 0 Å².